The molecule has 1 heterocycles. The van der Waals surface area contributed by atoms with E-state index in [1.807, 2.05) is 20.8 Å². The Bertz CT molecular complexity index is 627. The molecule has 0 aromatic heterocycles. The number of halogens is 2. The maximum absolute atomic E-state index is 11.9. The Morgan fingerprint density at radius 2 is 2.04 bits per heavy atom. The molecule has 0 aliphatic carbocycles. The van der Waals surface area contributed by atoms with Gasteiger partial charge in [0.05, 0.1) is 11.1 Å². The first-order chi connectivity index (χ1) is 11.1. The molecule has 0 unspecified atom stereocenters. The molecule has 1 aromatic carbocycles. The number of hydrogen-bond donors (Lipinski definition) is 1. The summed E-state index contributed by atoms with van der Waals surface area (Å²) in [6.45, 7) is 6.17. The highest BCUT2D eigenvalue weighted by Crippen LogP contribution is 2.27. The molecule has 0 saturated carbocycles. The molecule has 0 atom stereocenters. The van der Waals surface area contributed by atoms with Crippen LogP contribution in [0.25, 0.3) is 0 Å². The largest absolute Gasteiger partial charge is 0.482 e. The second kappa shape index (κ2) is 7.61. The highest BCUT2D eigenvalue weighted by atomic mass is 79.9. The number of rotatable bonds is 4. The maximum atomic E-state index is 11.9. The third-order valence-electron chi connectivity index (χ3n) is 3.15. The minimum atomic E-state index is -0.525. The zero-order chi connectivity index (χ0) is 17.9. The summed E-state index contributed by atoms with van der Waals surface area (Å²) in [5, 5.41) is 3.23. The number of ether oxygens (including phenoxy) is 2. The van der Waals surface area contributed by atoms with Crippen LogP contribution < -0.4 is 10.1 Å². The lowest BCUT2D eigenvalue weighted by Gasteiger charge is -2.39. The number of likely N-dealkylation sites (tertiary alicyclic amines) is 1. The average Bonchev–Trinajstić information content (AvgIpc) is 2.39. The molecule has 24 heavy (non-hydrogen) atoms. The number of carbonyl (C=O) groups excluding carboxylic acids is 2. The number of nitrogens with zero attached hydrogens (tertiary/aromatic N) is 1. The van der Waals surface area contributed by atoms with Gasteiger partial charge in [0.1, 0.15) is 11.4 Å². The van der Waals surface area contributed by atoms with E-state index >= 15 is 0 Å². The van der Waals surface area contributed by atoms with Crippen molar-refractivity contribution in [3.05, 3.63) is 27.7 Å². The monoisotopic (exact) mass is 418 g/mol. The van der Waals surface area contributed by atoms with Crippen LogP contribution in [0.5, 0.6) is 5.75 Å². The van der Waals surface area contributed by atoms with Crippen molar-refractivity contribution in [1.29, 1.82) is 0 Å². The van der Waals surface area contributed by atoms with Gasteiger partial charge in [-0.05, 0) is 39.0 Å². The second-order valence-electron chi connectivity index (χ2n) is 6.51. The van der Waals surface area contributed by atoms with E-state index in [9.17, 15) is 9.59 Å². The Balaban J connectivity index is 1.70. The fourth-order valence-corrected chi connectivity index (χ4v) is 2.78. The first-order valence-electron chi connectivity index (χ1n) is 7.49. The van der Waals surface area contributed by atoms with Crippen molar-refractivity contribution in [2.75, 3.05) is 19.7 Å². The molecular formula is C16H20BrClN2O4. The van der Waals surface area contributed by atoms with Gasteiger partial charge in [0, 0.05) is 17.6 Å². The molecule has 0 radical (unpaired) electrons. The first kappa shape index (κ1) is 18.9. The van der Waals surface area contributed by atoms with E-state index in [1.54, 1.807) is 23.1 Å². The predicted molar refractivity (Wildman–Crippen MR) is 94.4 cm³/mol. The van der Waals surface area contributed by atoms with Crippen LogP contribution in [0.1, 0.15) is 20.8 Å². The van der Waals surface area contributed by atoms with E-state index < -0.39 is 5.60 Å². The van der Waals surface area contributed by atoms with Crippen molar-refractivity contribution >= 4 is 39.5 Å². The zero-order valence-electron chi connectivity index (χ0n) is 13.8. The van der Waals surface area contributed by atoms with Crippen LogP contribution >= 0.6 is 27.5 Å². The first-order valence-corrected chi connectivity index (χ1v) is 8.66. The average molecular weight is 420 g/mol. The molecule has 1 saturated heterocycles. The molecule has 132 valence electrons. The lowest BCUT2D eigenvalue weighted by Crippen LogP contribution is -2.62. The van der Waals surface area contributed by atoms with Gasteiger partial charge in [-0.2, -0.15) is 0 Å². The number of amides is 2. The predicted octanol–water partition coefficient (Wildman–Crippen LogP) is 3.22. The zero-order valence-corrected chi connectivity index (χ0v) is 16.1. The van der Waals surface area contributed by atoms with Crippen molar-refractivity contribution in [2.24, 2.45) is 0 Å². The molecule has 6 nitrogen and oxygen atoms in total. The summed E-state index contributed by atoms with van der Waals surface area (Å²) in [7, 11) is 0. The summed E-state index contributed by atoms with van der Waals surface area (Å²) in [4.78, 5) is 25.2. The van der Waals surface area contributed by atoms with Crippen LogP contribution in [0.2, 0.25) is 5.02 Å². The van der Waals surface area contributed by atoms with Crippen LogP contribution in [0.3, 0.4) is 0 Å². The molecule has 1 N–H and O–H groups in total. The van der Waals surface area contributed by atoms with Crippen molar-refractivity contribution in [3.63, 3.8) is 0 Å². The highest BCUT2D eigenvalue weighted by Gasteiger charge is 2.34. The molecule has 1 aliphatic heterocycles. The van der Waals surface area contributed by atoms with Crippen LogP contribution in [-0.4, -0.2) is 48.2 Å². The second-order valence-corrected chi connectivity index (χ2v) is 7.84. The molecule has 1 aromatic rings. The standard InChI is InChI=1S/C16H20BrClN2O4/c1-16(2,3)24-15(22)20-7-11(8-20)19-14(21)9-23-13-5-4-10(17)6-12(13)18/h4-6,11H,7-9H2,1-3H3,(H,19,21). The third-order valence-corrected chi connectivity index (χ3v) is 3.94. The molecule has 1 fully saturated rings. The van der Waals surface area contributed by atoms with Crippen molar-refractivity contribution < 1.29 is 19.1 Å². The molecule has 0 bridgehead atoms. The topological polar surface area (TPSA) is 67.9 Å². The van der Waals surface area contributed by atoms with E-state index in [0.29, 0.717) is 23.9 Å². The quantitative estimate of drug-likeness (QED) is 0.814. The smallest absolute Gasteiger partial charge is 0.410 e. The van der Waals surface area contributed by atoms with Crippen molar-refractivity contribution in [3.8, 4) is 5.75 Å². The summed E-state index contributed by atoms with van der Waals surface area (Å²) in [6, 6.07) is 5.07. The number of benzene rings is 1. The fraction of sp³-hybridized carbons (Fsp3) is 0.500. The Labute approximate surface area is 154 Å². The highest BCUT2D eigenvalue weighted by molar-refractivity contribution is 9.10. The van der Waals surface area contributed by atoms with Crippen LogP contribution in [0.15, 0.2) is 22.7 Å². The van der Waals surface area contributed by atoms with E-state index in [2.05, 4.69) is 21.2 Å². The van der Waals surface area contributed by atoms with Gasteiger partial charge in [-0.3, -0.25) is 4.79 Å². The minimum Gasteiger partial charge on any atom is -0.482 e. The Morgan fingerprint density at radius 1 is 1.38 bits per heavy atom. The van der Waals surface area contributed by atoms with Gasteiger partial charge < -0.3 is 19.7 Å². The van der Waals surface area contributed by atoms with Crippen LogP contribution in [0.4, 0.5) is 4.79 Å². The van der Waals surface area contributed by atoms with Crippen LogP contribution in [0, 0.1) is 0 Å². The molecule has 1 aliphatic rings. The minimum absolute atomic E-state index is 0.0889. The Kier molecular flexibility index (Phi) is 5.98. The number of hydrogen-bond acceptors (Lipinski definition) is 4. The molecular weight excluding hydrogens is 400 g/mol. The lowest BCUT2D eigenvalue weighted by molar-refractivity contribution is -0.125. The fourth-order valence-electron chi connectivity index (χ4n) is 2.05. The van der Waals surface area contributed by atoms with E-state index in [0.717, 1.165) is 4.47 Å². The van der Waals surface area contributed by atoms with Gasteiger partial charge in [0.15, 0.2) is 6.61 Å². The van der Waals surface area contributed by atoms with Gasteiger partial charge in [-0.1, -0.05) is 27.5 Å². The normalized spacial score (nSPS) is 14.8. The maximum Gasteiger partial charge on any atom is 0.410 e. The number of carbonyl (C=O) groups is 2. The SMILES string of the molecule is CC(C)(C)OC(=O)N1CC(NC(=O)COc2ccc(Br)cc2Cl)C1. The lowest BCUT2D eigenvalue weighted by atomic mass is 10.1. The molecule has 0 spiro atoms. The summed E-state index contributed by atoms with van der Waals surface area (Å²) >= 11 is 9.32. The van der Waals surface area contributed by atoms with Crippen molar-refractivity contribution in [1.82, 2.24) is 10.2 Å². The molecule has 2 rings (SSSR count). The van der Waals surface area contributed by atoms with Crippen LogP contribution in [-0.2, 0) is 9.53 Å². The Morgan fingerprint density at radius 3 is 2.62 bits per heavy atom. The summed E-state index contributed by atoms with van der Waals surface area (Å²) in [5.74, 6) is 0.182. The van der Waals surface area contributed by atoms with Gasteiger partial charge in [-0.25, -0.2) is 4.79 Å². The van der Waals surface area contributed by atoms with E-state index in [-0.39, 0.29) is 24.6 Å². The number of nitrogens with one attached hydrogen (secondary N) is 1. The Hall–Kier alpha value is -1.47. The summed E-state index contributed by atoms with van der Waals surface area (Å²) in [5.41, 5.74) is -0.525. The summed E-state index contributed by atoms with van der Waals surface area (Å²) < 4.78 is 11.5. The van der Waals surface area contributed by atoms with Gasteiger partial charge in [0.25, 0.3) is 5.91 Å². The van der Waals surface area contributed by atoms with Crippen molar-refractivity contribution in [2.45, 2.75) is 32.4 Å². The van der Waals surface area contributed by atoms with Gasteiger partial charge in [0.2, 0.25) is 0 Å². The van der Waals surface area contributed by atoms with E-state index in [1.165, 1.54) is 0 Å². The third kappa shape index (κ3) is 5.56. The summed E-state index contributed by atoms with van der Waals surface area (Å²) in [6.07, 6.45) is -0.370. The van der Waals surface area contributed by atoms with Gasteiger partial charge in [-0.15, -0.1) is 0 Å². The molecule has 2 amide bonds. The van der Waals surface area contributed by atoms with Gasteiger partial charge >= 0.3 is 6.09 Å². The molecule has 8 heteroatoms. The van der Waals surface area contributed by atoms with E-state index in [4.69, 9.17) is 21.1 Å².